The van der Waals surface area contributed by atoms with Gasteiger partial charge >= 0.3 is 0 Å². The molecule has 2 aliphatic heterocycles. The van der Waals surface area contributed by atoms with Crippen LogP contribution in [0.5, 0.6) is 5.75 Å². The first kappa shape index (κ1) is 27.8. The molecule has 2 aromatic rings. The number of amides is 2. The summed E-state index contributed by atoms with van der Waals surface area (Å²) in [4.78, 5) is 38.8. The molecule has 2 saturated heterocycles. The number of primary amides is 1. The number of methoxy groups -OCH3 is 1. The number of Topliss-reactive ketones (excluding diaryl/α,β-unsaturated/α-hetero) is 1. The van der Waals surface area contributed by atoms with Crippen LogP contribution in [-0.4, -0.2) is 60.7 Å². The maximum atomic E-state index is 13.2. The number of rotatable bonds is 8. The Hall–Kier alpha value is -3.19. The van der Waals surface area contributed by atoms with Crippen LogP contribution in [0, 0.1) is 11.3 Å². The van der Waals surface area contributed by atoms with Crippen LogP contribution in [0.1, 0.15) is 56.1 Å². The predicted octanol–water partition coefficient (Wildman–Crippen LogP) is 3.98. The molecule has 5 rings (SSSR count). The Morgan fingerprint density at radius 1 is 0.974 bits per heavy atom. The smallest absolute Gasteiger partial charge is 0.229 e. The molecule has 0 radical (unpaired) electrons. The molecule has 3 aliphatic rings. The van der Waals surface area contributed by atoms with Crippen molar-refractivity contribution in [1.82, 2.24) is 9.80 Å². The van der Waals surface area contributed by atoms with Crippen molar-refractivity contribution in [3.05, 3.63) is 65.7 Å². The van der Waals surface area contributed by atoms with Gasteiger partial charge in [0, 0.05) is 31.8 Å². The maximum absolute atomic E-state index is 13.2. The number of piperidine rings is 1. The first-order valence-corrected chi connectivity index (χ1v) is 13.9. The van der Waals surface area contributed by atoms with E-state index in [1.807, 2.05) is 12.1 Å². The van der Waals surface area contributed by atoms with Gasteiger partial charge in [0.05, 0.1) is 12.5 Å². The lowest BCUT2D eigenvalue weighted by atomic mass is 9.77. The van der Waals surface area contributed by atoms with Crippen LogP contribution in [0.3, 0.4) is 0 Å². The maximum Gasteiger partial charge on any atom is 0.229 e. The van der Waals surface area contributed by atoms with E-state index in [9.17, 15) is 14.4 Å². The number of nitrogens with zero attached hydrogens (tertiary/aromatic N) is 2. The van der Waals surface area contributed by atoms with E-state index in [4.69, 9.17) is 10.5 Å². The quantitative estimate of drug-likeness (QED) is 0.570. The van der Waals surface area contributed by atoms with E-state index in [2.05, 4.69) is 52.3 Å². The summed E-state index contributed by atoms with van der Waals surface area (Å²) in [7, 11) is 1.68. The summed E-state index contributed by atoms with van der Waals surface area (Å²) in [5.41, 5.74) is 7.45. The van der Waals surface area contributed by atoms with E-state index in [-0.39, 0.29) is 23.0 Å². The van der Waals surface area contributed by atoms with Crippen molar-refractivity contribution in [1.29, 1.82) is 0 Å². The van der Waals surface area contributed by atoms with Crippen LogP contribution in [0.2, 0.25) is 0 Å². The predicted molar refractivity (Wildman–Crippen MR) is 147 cm³/mol. The fourth-order valence-electron chi connectivity index (χ4n) is 5.87. The van der Waals surface area contributed by atoms with Gasteiger partial charge in [-0.2, -0.15) is 0 Å². The first-order valence-electron chi connectivity index (χ1n) is 13.9. The molecule has 3 fully saturated rings. The second-order valence-electron chi connectivity index (χ2n) is 10.9. The normalized spacial score (nSPS) is 20.9. The number of ketones is 1. The molecule has 0 aromatic heterocycles. The summed E-state index contributed by atoms with van der Waals surface area (Å²) in [6, 6.07) is 18.8. The average Bonchev–Trinajstić information content (AvgIpc) is 3.51. The number of ether oxygens (including phenoxy) is 1. The Morgan fingerprint density at radius 3 is 2.24 bits per heavy atom. The largest absolute Gasteiger partial charge is 0.497 e. The van der Waals surface area contributed by atoms with Gasteiger partial charge < -0.3 is 20.3 Å². The van der Waals surface area contributed by atoms with Crippen molar-refractivity contribution in [2.75, 3.05) is 33.3 Å². The first-order chi connectivity index (χ1) is 18.4. The number of carbonyl (C=O) groups excluding carboxylic acids is 3. The molecule has 1 atom stereocenters. The van der Waals surface area contributed by atoms with Crippen LogP contribution in [-0.2, 0) is 27.3 Å². The zero-order valence-electron chi connectivity index (χ0n) is 22.6. The van der Waals surface area contributed by atoms with Crippen molar-refractivity contribution in [2.24, 2.45) is 17.1 Å². The number of benzene rings is 2. The van der Waals surface area contributed by atoms with E-state index in [0.717, 1.165) is 57.6 Å². The third kappa shape index (κ3) is 7.22. The highest BCUT2D eigenvalue weighted by atomic mass is 16.5. The summed E-state index contributed by atoms with van der Waals surface area (Å²) < 4.78 is 5.23. The molecule has 2 N–H and O–H groups in total. The van der Waals surface area contributed by atoms with E-state index >= 15 is 0 Å². The molecule has 2 aromatic carbocycles. The van der Waals surface area contributed by atoms with E-state index in [0.29, 0.717) is 31.7 Å². The summed E-state index contributed by atoms with van der Waals surface area (Å²) in [6.45, 7) is 4.84. The molecular formula is C31H41N3O4. The molecule has 2 heterocycles. The zero-order valence-corrected chi connectivity index (χ0v) is 22.6. The summed E-state index contributed by atoms with van der Waals surface area (Å²) in [6.07, 6.45) is 6.93. The Morgan fingerprint density at radius 2 is 1.66 bits per heavy atom. The van der Waals surface area contributed by atoms with Gasteiger partial charge in [-0.05, 0) is 81.4 Å². The van der Waals surface area contributed by atoms with Gasteiger partial charge in [-0.25, -0.2) is 0 Å². The second kappa shape index (κ2) is 13.1. The van der Waals surface area contributed by atoms with Crippen molar-refractivity contribution in [2.45, 2.75) is 57.9 Å². The van der Waals surface area contributed by atoms with E-state index < -0.39 is 0 Å². The molecule has 1 aliphatic carbocycles. The van der Waals surface area contributed by atoms with Gasteiger partial charge in [-0.15, -0.1) is 0 Å². The number of likely N-dealkylation sites (tertiary alicyclic amines) is 2. The third-order valence-electron chi connectivity index (χ3n) is 8.38. The molecule has 1 spiro atoms. The molecule has 0 bridgehead atoms. The number of nitrogens with two attached hydrogens (primary N) is 1. The standard InChI is InChI=1S/C25H32N2O2.C6H9NO2/c1-29-23-11-9-22(10-12-23)20-27-19-15-25(24(27)28)13-17-26(18-14-25)16-5-8-21-6-3-2-4-7-21;7-6(9)4-1-2-5(8)3-4/h2-4,6-7,9-12H,5,8,13-20H2,1H3;4H,1-3H2,(H2,7,9). The molecule has 7 heteroatoms. The van der Waals surface area contributed by atoms with E-state index in [1.165, 1.54) is 17.5 Å². The highest BCUT2D eigenvalue weighted by Gasteiger charge is 2.47. The zero-order chi connectivity index (χ0) is 27.0. The Kier molecular flexibility index (Phi) is 9.56. The van der Waals surface area contributed by atoms with Crippen molar-refractivity contribution in [3.63, 3.8) is 0 Å². The lowest BCUT2D eigenvalue weighted by Crippen LogP contribution is -2.44. The number of hydrogen-bond donors (Lipinski definition) is 1. The Balaban J connectivity index is 0.000000317. The average molecular weight is 520 g/mol. The summed E-state index contributed by atoms with van der Waals surface area (Å²) in [5, 5.41) is 0. The Labute approximate surface area is 226 Å². The fourth-order valence-corrected chi connectivity index (χ4v) is 5.87. The van der Waals surface area contributed by atoms with Gasteiger partial charge in [-0.1, -0.05) is 42.5 Å². The molecular weight excluding hydrogens is 478 g/mol. The molecule has 38 heavy (non-hydrogen) atoms. The Bertz CT molecular complexity index is 1080. The molecule has 1 saturated carbocycles. The minimum absolute atomic E-state index is 0.109. The van der Waals surface area contributed by atoms with Crippen molar-refractivity contribution >= 4 is 17.6 Å². The lowest BCUT2D eigenvalue weighted by Gasteiger charge is -2.38. The van der Waals surface area contributed by atoms with Crippen LogP contribution in [0.25, 0.3) is 0 Å². The highest BCUT2D eigenvalue weighted by molar-refractivity contribution is 5.89. The lowest BCUT2D eigenvalue weighted by molar-refractivity contribution is -0.138. The van der Waals surface area contributed by atoms with Crippen LogP contribution in [0.15, 0.2) is 54.6 Å². The minimum Gasteiger partial charge on any atom is -0.497 e. The van der Waals surface area contributed by atoms with Gasteiger partial charge in [0.1, 0.15) is 11.5 Å². The van der Waals surface area contributed by atoms with Crippen LogP contribution >= 0.6 is 0 Å². The van der Waals surface area contributed by atoms with Gasteiger partial charge in [-0.3, -0.25) is 14.4 Å². The molecule has 1 unspecified atom stereocenters. The number of carbonyl (C=O) groups is 3. The van der Waals surface area contributed by atoms with Crippen molar-refractivity contribution < 1.29 is 19.1 Å². The van der Waals surface area contributed by atoms with Gasteiger partial charge in [0.2, 0.25) is 11.8 Å². The minimum atomic E-state index is -0.333. The summed E-state index contributed by atoms with van der Waals surface area (Å²) >= 11 is 0. The molecule has 7 nitrogen and oxygen atoms in total. The fraction of sp³-hybridized carbons (Fsp3) is 0.516. The number of hydrogen-bond acceptors (Lipinski definition) is 5. The van der Waals surface area contributed by atoms with Crippen LogP contribution in [0.4, 0.5) is 0 Å². The summed E-state index contributed by atoms with van der Waals surface area (Å²) in [5.74, 6) is 0.895. The third-order valence-corrected chi connectivity index (χ3v) is 8.38. The SMILES string of the molecule is COc1ccc(CN2CCC3(CCN(CCCc4ccccc4)CC3)C2=O)cc1.NC(=O)C1CCC(=O)C1. The monoisotopic (exact) mass is 519 g/mol. The van der Waals surface area contributed by atoms with Crippen molar-refractivity contribution in [3.8, 4) is 5.75 Å². The number of aryl methyl sites for hydroxylation is 1. The highest BCUT2D eigenvalue weighted by Crippen LogP contribution is 2.42. The van der Waals surface area contributed by atoms with Crippen LogP contribution < -0.4 is 10.5 Å². The van der Waals surface area contributed by atoms with Gasteiger partial charge in [0.25, 0.3) is 0 Å². The van der Waals surface area contributed by atoms with E-state index in [1.54, 1.807) is 7.11 Å². The van der Waals surface area contributed by atoms with Gasteiger partial charge in [0.15, 0.2) is 0 Å². The molecule has 2 amide bonds. The molecule has 204 valence electrons. The second-order valence-corrected chi connectivity index (χ2v) is 10.9. The topological polar surface area (TPSA) is 92.9 Å².